The first-order valence-corrected chi connectivity index (χ1v) is 7.67. The zero-order valence-electron chi connectivity index (χ0n) is 12.0. The summed E-state index contributed by atoms with van der Waals surface area (Å²) in [5, 5.41) is 16.6. The summed E-state index contributed by atoms with van der Waals surface area (Å²) in [5.41, 5.74) is 0.535. The van der Waals surface area contributed by atoms with E-state index in [-0.39, 0.29) is 12.3 Å². The first kappa shape index (κ1) is 14.3. The van der Waals surface area contributed by atoms with Crippen LogP contribution in [0.2, 0.25) is 0 Å². The third-order valence-electron chi connectivity index (χ3n) is 3.49. The largest absolute Gasteiger partial charge is 0.454 e. The summed E-state index contributed by atoms with van der Waals surface area (Å²) in [4.78, 5) is 4.32. The lowest BCUT2D eigenvalue weighted by Crippen LogP contribution is -2.39. The van der Waals surface area contributed by atoms with Crippen molar-refractivity contribution >= 4 is 11.3 Å². The lowest BCUT2D eigenvalue weighted by molar-refractivity contribution is 0.159. The Kier molecular flexibility index (Phi) is 3.84. The van der Waals surface area contributed by atoms with Crippen molar-refractivity contribution in [2.45, 2.75) is 25.5 Å². The zero-order chi connectivity index (χ0) is 14.9. The van der Waals surface area contributed by atoms with E-state index in [0.29, 0.717) is 12.3 Å². The van der Waals surface area contributed by atoms with Crippen LogP contribution in [0, 0.1) is 0 Å². The van der Waals surface area contributed by atoms with E-state index >= 15 is 0 Å². The quantitative estimate of drug-likeness (QED) is 0.888. The van der Waals surface area contributed by atoms with Crippen molar-refractivity contribution in [3.63, 3.8) is 0 Å². The van der Waals surface area contributed by atoms with Gasteiger partial charge in [-0.05, 0) is 31.5 Å². The van der Waals surface area contributed by atoms with Crippen molar-refractivity contribution in [2.75, 3.05) is 13.3 Å². The van der Waals surface area contributed by atoms with Crippen LogP contribution in [0.15, 0.2) is 29.8 Å². The number of fused-ring (bicyclic) bond motifs is 1. The molecule has 5 nitrogen and oxygen atoms in total. The number of hydrogen-bond acceptors (Lipinski definition) is 6. The van der Waals surface area contributed by atoms with Gasteiger partial charge in [-0.1, -0.05) is 6.07 Å². The van der Waals surface area contributed by atoms with Crippen LogP contribution >= 0.6 is 11.3 Å². The van der Waals surface area contributed by atoms with Crippen LogP contribution in [0.5, 0.6) is 11.5 Å². The molecule has 3 rings (SSSR count). The Labute approximate surface area is 127 Å². The monoisotopic (exact) mass is 306 g/mol. The summed E-state index contributed by atoms with van der Waals surface area (Å²) in [6, 6.07) is 5.51. The van der Waals surface area contributed by atoms with Gasteiger partial charge in [0.2, 0.25) is 6.79 Å². The second kappa shape index (κ2) is 5.63. The molecule has 1 unspecified atom stereocenters. The molecule has 0 saturated heterocycles. The van der Waals surface area contributed by atoms with Crippen molar-refractivity contribution < 1.29 is 14.6 Å². The predicted octanol–water partition coefficient (Wildman–Crippen LogP) is 2.43. The van der Waals surface area contributed by atoms with E-state index in [1.54, 1.807) is 17.5 Å². The van der Waals surface area contributed by atoms with Gasteiger partial charge in [-0.3, -0.25) is 0 Å². The molecule has 2 aromatic rings. The molecule has 6 heteroatoms. The highest BCUT2D eigenvalue weighted by Crippen LogP contribution is 2.34. The first-order chi connectivity index (χ1) is 10.1. The van der Waals surface area contributed by atoms with Crippen LogP contribution in [-0.4, -0.2) is 23.4 Å². The fourth-order valence-electron chi connectivity index (χ4n) is 2.20. The number of benzene rings is 1. The zero-order valence-corrected chi connectivity index (χ0v) is 12.8. The molecule has 1 atom stereocenters. The first-order valence-electron chi connectivity index (χ1n) is 6.79. The minimum Gasteiger partial charge on any atom is -0.454 e. The minimum atomic E-state index is -0.612. The second-order valence-electron chi connectivity index (χ2n) is 5.47. The van der Waals surface area contributed by atoms with Gasteiger partial charge in [-0.25, -0.2) is 4.98 Å². The smallest absolute Gasteiger partial charge is 0.231 e. The van der Waals surface area contributed by atoms with Gasteiger partial charge in [0, 0.05) is 18.1 Å². The summed E-state index contributed by atoms with van der Waals surface area (Å²) >= 11 is 1.60. The number of hydrogen-bond donors (Lipinski definition) is 2. The van der Waals surface area contributed by atoms with Crippen LogP contribution in [0.4, 0.5) is 0 Å². The molecule has 1 aliphatic heterocycles. The number of thiazole rings is 1. The number of aromatic nitrogens is 1. The summed E-state index contributed by atoms with van der Waals surface area (Å²) < 4.78 is 10.6. The Hall–Kier alpha value is -1.63. The SMILES string of the molecule is CC(C)(NCC(O)c1ccc2c(c1)OCO2)c1nccs1. The maximum absolute atomic E-state index is 10.3. The normalized spacial score (nSPS) is 15.2. The van der Waals surface area contributed by atoms with Crippen molar-refractivity contribution in [3.05, 3.63) is 40.3 Å². The molecule has 0 bridgehead atoms. The van der Waals surface area contributed by atoms with E-state index in [2.05, 4.69) is 24.1 Å². The molecule has 2 heterocycles. The molecule has 0 aliphatic carbocycles. The van der Waals surface area contributed by atoms with E-state index in [1.807, 2.05) is 23.6 Å². The number of nitrogens with one attached hydrogen (secondary N) is 1. The minimum absolute atomic E-state index is 0.240. The third kappa shape index (κ3) is 3.02. The summed E-state index contributed by atoms with van der Waals surface area (Å²) in [5.74, 6) is 1.41. The van der Waals surface area contributed by atoms with Crippen molar-refractivity contribution in [3.8, 4) is 11.5 Å². The lowest BCUT2D eigenvalue weighted by atomic mass is 10.0. The fraction of sp³-hybridized carbons (Fsp3) is 0.400. The third-order valence-corrected chi connectivity index (χ3v) is 4.58. The summed E-state index contributed by atoms with van der Waals surface area (Å²) in [7, 11) is 0. The maximum atomic E-state index is 10.3. The molecule has 0 fully saturated rings. The fourth-order valence-corrected chi connectivity index (χ4v) is 2.94. The summed E-state index contributed by atoms with van der Waals surface area (Å²) in [6.07, 6.45) is 1.18. The Morgan fingerprint density at radius 2 is 2.19 bits per heavy atom. The van der Waals surface area contributed by atoms with Gasteiger partial charge in [0.1, 0.15) is 5.01 Å². The Balaban J connectivity index is 1.65. The molecular formula is C15H18N2O3S. The average molecular weight is 306 g/mol. The van der Waals surface area contributed by atoms with Crippen LogP contribution in [0.3, 0.4) is 0 Å². The van der Waals surface area contributed by atoms with Gasteiger partial charge in [0.25, 0.3) is 0 Å². The van der Waals surface area contributed by atoms with Gasteiger partial charge in [0.15, 0.2) is 11.5 Å². The van der Waals surface area contributed by atoms with Crippen molar-refractivity contribution in [1.29, 1.82) is 0 Å². The molecule has 21 heavy (non-hydrogen) atoms. The number of nitrogens with zero attached hydrogens (tertiary/aromatic N) is 1. The topological polar surface area (TPSA) is 63.6 Å². The maximum Gasteiger partial charge on any atom is 0.231 e. The van der Waals surface area contributed by atoms with E-state index in [0.717, 1.165) is 16.3 Å². The number of aliphatic hydroxyl groups excluding tert-OH is 1. The summed E-state index contributed by atoms with van der Waals surface area (Å²) in [6.45, 7) is 4.78. The van der Waals surface area contributed by atoms with Crippen molar-refractivity contribution in [2.24, 2.45) is 0 Å². The van der Waals surface area contributed by atoms with Gasteiger partial charge in [-0.2, -0.15) is 0 Å². The molecule has 1 aromatic carbocycles. The molecule has 0 amide bonds. The number of rotatable bonds is 5. The highest BCUT2D eigenvalue weighted by atomic mass is 32.1. The van der Waals surface area contributed by atoms with E-state index in [9.17, 15) is 5.11 Å². The van der Waals surface area contributed by atoms with Crippen molar-refractivity contribution in [1.82, 2.24) is 10.3 Å². The molecule has 2 N–H and O–H groups in total. The number of aliphatic hydroxyl groups is 1. The molecule has 0 saturated carbocycles. The Bertz CT molecular complexity index is 613. The highest BCUT2D eigenvalue weighted by Gasteiger charge is 2.24. The van der Waals surface area contributed by atoms with E-state index in [1.165, 1.54) is 0 Å². The van der Waals surface area contributed by atoms with Gasteiger partial charge in [-0.15, -0.1) is 11.3 Å². The van der Waals surface area contributed by atoms with Gasteiger partial charge < -0.3 is 19.9 Å². The molecule has 0 spiro atoms. The molecular weight excluding hydrogens is 288 g/mol. The van der Waals surface area contributed by atoms with Crippen LogP contribution in [0.25, 0.3) is 0 Å². The Morgan fingerprint density at radius 1 is 1.38 bits per heavy atom. The standard InChI is InChI=1S/C15H18N2O3S/c1-15(2,14-16-5-6-21-14)17-8-11(18)10-3-4-12-13(7-10)20-9-19-12/h3-7,11,17-18H,8-9H2,1-2H3. The van der Waals surface area contributed by atoms with E-state index < -0.39 is 6.10 Å². The van der Waals surface area contributed by atoms with E-state index in [4.69, 9.17) is 9.47 Å². The van der Waals surface area contributed by atoms with Crippen LogP contribution in [0.1, 0.15) is 30.5 Å². The lowest BCUT2D eigenvalue weighted by Gasteiger charge is -2.25. The average Bonchev–Trinajstić information content (AvgIpc) is 3.14. The molecule has 0 radical (unpaired) electrons. The highest BCUT2D eigenvalue weighted by molar-refractivity contribution is 7.09. The number of ether oxygens (including phenoxy) is 2. The Morgan fingerprint density at radius 3 is 2.95 bits per heavy atom. The van der Waals surface area contributed by atoms with Crippen LogP contribution < -0.4 is 14.8 Å². The van der Waals surface area contributed by atoms with Gasteiger partial charge >= 0.3 is 0 Å². The molecule has 112 valence electrons. The second-order valence-corrected chi connectivity index (χ2v) is 6.37. The molecule has 1 aromatic heterocycles. The molecule has 1 aliphatic rings. The van der Waals surface area contributed by atoms with Crippen LogP contribution in [-0.2, 0) is 5.54 Å². The van der Waals surface area contributed by atoms with Gasteiger partial charge in [0.05, 0.1) is 11.6 Å². The predicted molar refractivity (Wildman–Crippen MR) is 80.7 cm³/mol.